The van der Waals surface area contributed by atoms with E-state index in [-0.39, 0.29) is 18.2 Å². The van der Waals surface area contributed by atoms with Gasteiger partial charge in [0.1, 0.15) is 5.82 Å². The van der Waals surface area contributed by atoms with Crippen molar-refractivity contribution >= 4 is 17.2 Å². The maximum absolute atomic E-state index is 13.3. The van der Waals surface area contributed by atoms with Crippen LogP contribution in [0, 0.1) is 5.82 Å². The Labute approximate surface area is 169 Å². The first-order valence-corrected chi connectivity index (χ1v) is 9.56. The molecule has 3 heterocycles. The van der Waals surface area contributed by atoms with Gasteiger partial charge < -0.3 is 10.1 Å². The Morgan fingerprint density at radius 2 is 2.03 bits per heavy atom. The number of nitrogens with zero attached hydrogens (tertiary/aromatic N) is 4. The number of hydrogen-bond acceptors (Lipinski definition) is 6. The summed E-state index contributed by atoms with van der Waals surface area (Å²) in [5.74, 6) is 0.178. The number of aromatic nitrogens is 4. The second-order valence-corrected chi connectivity index (χ2v) is 6.93. The average Bonchev–Trinajstić information content (AvgIpc) is 3.42. The van der Waals surface area contributed by atoms with E-state index in [1.807, 2.05) is 23.6 Å². The van der Waals surface area contributed by atoms with Crippen LogP contribution in [0.5, 0.6) is 5.88 Å². The Morgan fingerprint density at radius 3 is 2.76 bits per heavy atom. The number of pyridine rings is 1. The van der Waals surface area contributed by atoms with Gasteiger partial charge in [-0.2, -0.15) is 0 Å². The maximum atomic E-state index is 13.3. The fourth-order valence-corrected chi connectivity index (χ4v) is 3.43. The van der Waals surface area contributed by atoms with Gasteiger partial charge >= 0.3 is 0 Å². The van der Waals surface area contributed by atoms with Crippen molar-refractivity contribution in [3.8, 4) is 22.3 Å². The number of rotatable bonds is 6. The molecule has 0 unspecified atom stereocenters. The Balaban J connectivity index is 1.63. The zero-order valence-corrected chi connectivity index (χ0v) is 16.2. The minimum atomic E-state index is -0.436. The van der Waals surface area contributed by atoms with Crippen LogP contribution in [0.2, 0.25) is 0 Å². The number of benzene rings is 1. The Hall–Kier alpha value is -3.59. The number of thiophene rings is 1. The van der Waals surface area contributed by atoms with Gasteiger partial charge in [0, 0.05) is 18.3 Å². The summed E-state index contributed by atoms with van der Waals surface area (Å²) in [4.78, 5) is 22.0. The number of carbonyl (C=O) groups is 1. The molecule has 0 spiro atoms. The van der Waals surface area contributed by atoms with Gasteiger partial charge in [-0.3, -0.25) is 4.79 Å². The minimum Gasteiger partial charge on any atom is -0.481 e. The van der Waals surface area contributed by atoms with E-state index in [9.17, 15) is 9.18 Å². The van der Waals surface area contributed by atoms with Crippen LogP contribution in [0.4, 0.5) is 4.39 Å². The second-order valence-electron chi connectivity index (χ2n) is 5.98. The molecule has 0 fully saturated rings. The molecule has 0 aliphatic carbocycles. The topological polar surface area (TPSA) is 81.9 Å². The first-order valence-electron chi connectivity index (χ1n) is 8.68. The van der Waals surface area contributed by atoms with Crippen molar-refractivity contribution in [1.29, 1.82) is 0 Å². The number of ether oxygens (including phenoxy) is 1. The Morgan fingerprint density at radius 1 is 1.21 bits per heavy atom. The third kappa shape index (κ3) is 3.99. The molecule has 29 heavy (non-hydrogen) atoms. The van der Waals surface area contributed by atoms with Gasteiger partial charge in [-0.25, -0.2) is 19.0 Å². The van der Waals surface area contributed by atoms with Crippen LogP contribution in [0.15, 0.2) is 60.1 Å². The molecule has 0 saturated carbocycles. The number of amides is 1. The van der Waals surface area contributed by atoms with Gasteiger partial charge in [0.25, 0.3) is 5.91 Å². The number of nitrogens with one attached hydrogen (secondary N) is 1. The average molecular weight is 409 g/mol. The van der Waals surface area contributed by atoms with Crippen LogP contribution < -0.4 is 10.1 Å². The molecule has 1 aromatic carbocycles. The van der Waals surface area contributed by atoms with E-state index in [2.05, 4.69) is 20.4 Å². The zero-order valence-electron chi connectivity index (χ0n) is 15.4. The molecule has 9 heteroatoms. The third-order valence-electron chi connectivity index (χ3n) is 4.11. The van der Waals surface area contributed by atoms with Crippen molar-refractivity contribution in [2.75, 3.05) is 7.11 Å². The van der Waals surface area contributed by atoms with E-state index in [1.165, 1.54) is 35.3 Å². The Bertz CT molecular complexity index is 1130. The van der Waals surface area contributed by atoms with Crippen LogP contribution >= 0.6 is 11.3 Å². The molecule has 0 aliphatic heterocycles. The van der Waals surface area contributed by atoms with Gasteiger partial charge in [0.05, 0.1) is 17.7 Å². The predicted molar refractivity (Wildman–Crippen MR) is 107 cm³/mol. The summed E-state index contributed by atoms with van der Waals surface area (Å²) in [6.07, 6.45) is 1.61. The maximum Gasteiger partial charge on any atom is 0.291 e. The highest BCUT2D eigenvalue weighted by Gasteiger charge is 2.19. The van der Waals surface area contributed by atoms with Gasteiger partial charge in [-0.05, 0) is 41.8 Å². The molecule has 0 atom stereocenters. The summed E-state index contributed by atoms with van der Waals surface area (Å²) >= 11 is 1.47. The monoisotopic (exact) mass is 409 g/mol. The van der Waals surface area contributed by atoms with Crippen molar-refractivity contribution in [2.45, 2.75) is 6.54 Å². The molecule has 146 valence electrons. The molecule has 1 amide bonds. The number of halogens is 1. The molecule has 0 saturated heterocycles. The molecule has 0 aliphatic rings. The summed E-state index contributed by atoms with van der Waals surface area (Å²) in [6.45, 7) is 0.218. The predicted octanol–water partition coefficient (Wildman–Crippen LogP) is 3.47. The fourth-order valence-electron chi connectivity index (χ4n) is 2.73. The number of methoxy groups -OCH3 is 1. The summed E-state index contributed by atoms with van der Waals surface area (Å²) in [6, 6.07) is 13.2. The van der Waals surface area contributed by atoms with E-state index < -0.39 is 5.91 Å². The van der Waals surface area contributed by atoms with Crippen molar-refractivity contribution in [1.82, 2.24) is 25.1 Å². The third-order valence-corrected chi connectivity index (χ3v) is 4.97. The van der Waals surface area contributed by atoms with Gasteiger partial charge in [-0.15, -0.1) is 16.4 Å². The largest absolute Gasteiger partial charge is 0.481 e. The standard InChI is InChI=1S/C20H16FN5O2S/c1-28-20-13(4-2-10-22-20)12-23-19(27)17-24-18(16-5-3-11-29-16)26(25-17)15-8-6-14(21)7-9-15/h2-11H,12H2,1H3,(H,23,27). The Kier molecular flexibility index (Phi) is 5.30. The van der Waals surface area contributed by atoms with Crippen LogP contribution in [0.3, 0.4) is 0 Å². The highest BCUT2D eigenvalue weighted by Crippen LogP contribution is 2.25. The van der Waals surface area contributed by atoms with Gasteiger partial charge in [-0.1, -0.05) is 12.1 Å². The quantitative estimate of drug-likeness (QED) is 0.527. The summed E-state index contributed by atoms with van der Waals surface area (Å²) < 4.78 is 20.0. The molecule has 0 radical (unpaired) electrons. The van der Waals surface area contributed by atoms with Crippen molar-refractivity contribution in [3.05, 3.63) is 77.3 Å². The van der Waals surface area contributed by atoms with Gasteiger partial charge in [0.2, 0.25) is 11.7 Å². The summed E-state index contributed by atoms with van der Waals surface area (Å²) in [5.41, 5.74) is 1.34. The van der Waals surface area contributed by atoms with Gasteiger partial charge in [0.15, 0.2) is 5.82 Å². The lowest BCUT2D eigenvalue weighted by atomic mass is 10.2. The van der Waals surface area contributed by atoms with Crippen molar-refractivity contribution < 1.29 is 13.9 Å². The first-order chi connectivity index (χ1) is 14.2. The van der Waals surface area contributed by atoms with Crippen LogP contribution in [0.25, 0.3) is 16.4 Å². The highest BCUT2D eigenvalue weighted by atomic mass is 32.1. The minimum absolute atomic E-state index is 0.0144. The van der Waals surface area contributed by atoms with E-state index in [1.54, 1.807) is 24.4 Å². The van der Waals surface area contributed by atoms with E-state index >= 15 is 0 Å². The second kappa shape index (κ2) is 8.19. The lowest BCUT2D eigenvalue weighted by Crippen LogP contribution is -2.24. The molecule has 1 N–H and O–H groups in total. The number of carbonyl (C=O) groups excluding carboxylic acids is 1. The smallest absolute Gasteiger partial charge is 0.291 e. The zero-order chi connectivity index (χ0) is 20.2. The summed E-state index contributed by atoms with van der Waals surface area (Å²) in [7, 11) is 1.52. The lowest BCUT2D eigenvalue weighted by molar-refractivity contribution is 0.0940. The van der Waals surface area contributed by atoms with Crippen molar-refractivity contribution in [3.63, 3.8) is 0 Å². The first kappa shape index (κ1) is 18.8. The SMILES string of the molecule is COc1ncccc1CNC(=O)c1nc(-c2cccs2)n(-c2ccc(F)cc2)n1. The molecule has 0 bridgehead atoms. The van der Waals surface area contributed by atoms with Crippen molar-refractivity contribution in [2.24, 2.45) is 0 Å². The van der Waals surface area contributed by atoms with Crippen LogP contribution in [-0.4, -0.2) is 32.8 Å². The lowest BCUT2D eigenvalue weighted by Gasteiger charge is -2.07. The van der Waals surface area contributed by atoms with Crippen LogP contribution in [-0.2, 0) is 6.54 Å². The summed E-state index contributed by atoms with van der Waals surface area (Å²) in [5, 5.41) is 9.04. The molecule has 4 rings (SSSR count). The van der Waals surface area contributed by atoms with E-state index in [0.717, 1.165) is 10.4 Å². The molecular formula is C20H16FN5O2S. The fraction of sp³-hybridized carbons (Fsp3) is 0.100. The van der Waals surface area contributed by atoms with Crippen LogP contribution in [0.1, 0.15) is 16.2 Å². The molecule has 3 aromatic heterocycles. The molecule has 7 nitrogen and oxygen atoms in total. The van der Waals surface area contributed by atoms with E-state index in [4.69, 9.17) is 4.74 Å². The molecular weight excluding hydrogens is 393 g/mol. The normalized spacial score (nSPS) is 10.7. The van der Waals surface area contributed by atoms with E-state index in [0.29, 0.717) is 17.4 Å². The highest BCUT2D eigenvalue weighted by molar-refractivity contribution is 7.13. The number of hydrogen-bond donors (Lipinski definition) is 1. The molecule has 4 aromatic rings.